The third-order valence-corrected chi connectivity index (χ3v) is 6.70. The standard InChI is InChI=1S/C24H25N5O3S/c1-29-14-7-3-6-13-22(29)28-33(31,32)21-12-8-11-20(15-21)27-24(30)19-16-25-23(26-17-19)18-9-4-2-5-10-18/h2,4-5,8-12,15-17H,3,6-7,13-14H2,1H3,(H,27,30)/b28-22+. The van der Waals surface area contributed by atoms with Crippen LogP contribution in [-0.4, -0.2) is 48.6 Å². The fourth-order valence-electron chi connectivity index (χ4n) is 3.55. The van der Waals surface area contributed by atoms with Crippen LogP contribution in [0, 0.1) is 0 Å². The number of rotatable bonds is 5. The third-order valence-electron chi connectivity index (χ3n) is 5.40. The molecule has 1 N–H and O–H groups in total. The number of nitrogens with zero attached hydrogens (tertiary/aromatic N) is 4. The van der Waals surface area contributed by atoms with E-state index in [2.05, 4.69) is 19.7 Å². The number of carbonyl (C=O) groups is 1. The quantitative estimate of drug-likeness (QED) is 0.613. The monoisotopic (exact) mass is 463 g/mol. The number of aromatic nitrogens is 2. The van der Waals surface area contributed by atoms with Crippen molar-refractivity contribution in [3.8, 4) is 11.4 Å². The highest BCUT2D eigenvalue weighted by molar-refractivity contribution is 7.90. The second-order valence-electron chi connectivity index (χ2n) is 7.86. The average molecular weight is 464 g/mol. The van der Waals surface area contributed by atoms with Gasteiger partial charge >= 0.3 is 0 Å². The molecule has 0 atom stereocenters. The van der Waals surface area contributed by atoms with Crippen LogP contribution in [-0.2, 0) is 10.0 Å². The van der Waals surface area contributed by atoms with Gasteiger partial charge in [-0.2, -0.15) is 8.42 Å². The molecule has 1 saturated heterocycles. The second-order valence-corrected chi connectivity index (χ2v) is 9.46. The lowest BCUT2D eigenvalue weighted by Gasteiger charge is -2.17. The van der Waals surface area contributed by atoms with Crippen molar-refractivity contribution in [1.29, 1.82) is 0 Å². The van der Waals surface area contributed by atoms with E-state index < -0.39 is 15.9 Å². The van der Waals surface area contributed by atoms with E-state index in [1.807, 2.05) is 42.3 Å². The number of carbonyl (C=O) groups excluding carboxylic acids is 1. The molecular formula is C24H25N5O3S. The molecule has 1 aliphatic heterocycles. The summed E-state index contributed by atoms with van der Waals surface area (Å²) in [6.45, 7) is 0.787. The summed E-state index contributed by atoms with van der Waals surface area (Å²) in [5.41, 5.74) is 1.47. The Bertz CT molecular complexity index is 1260. The van der Waals surface area contributed by atoms with E-state index in [9.17, 15) is 13.2 Å². The number of amides is 1. The predicted octanol–water partition coefficient (Wildman–Crippen LogP) is 3.99. The van der Waals surface area contributed by atoms with Gasteiger partial charge in [-0.05, 0) is 31.0 Å². The molecule has 9 heteroatoms. The van der Waals surface area contributed by atoms with Gasteiger partial charge in [0.25, 0.3) is 15.9 Å². The average Bonchev–Trinajstić information content (AvgIpc) is 3.03. The van der Waals surface area contributed by atoms with Gasteiger partial charge in [0.05, 0.1) is 10.5 Å². The minimum Gasteiger partial charge on any atom is -0.362 e. The van der Waals surface area contributed by atoms with E-state index in [-0.39, 0.29) is 10.5 Å². The van der Waals surface area contributed by atoms with Crippen LogP contribution in [0.5, 0.6) is 0 Å². The summed E-state index contributed by atoms with van der Waals surface area (Å²) in [6, 6.07) is 15.5. The Morgan fingerprint density at radius 2 is 1.76 bits per heavy atom. The minimum atomic E-state index is -3.90. The SMILES string of the molecule is CN1CCCCC/C1=N\S(=O)(=O)c1cccc(NC(=O)c2cnc(-c3ccccc3)nc2)c1. The first-order valence-corrected chi connectivity index (χ1v) is 12.2. The highest BCUT2D eigenvalue weighted by Gasteiger charge is 2.19. The molecular weight excluding hydrogens is 438 g/mol. The van der Waals surface area contributed by atoms with Crippen LogP contribution in [0.3, 0.4) is 0 Å². The fraction of sp³-hybridized carbons (Fsp3) is 0.250. The number of benzene rings is 2. The minimum absolute atomic E-state index is 0.0288. The maximum Gasteiger partial charge on any atom is 0.284 e. The summed E-state index contributed by atoms with van der Waals surface area (Å²) < 4.78 is 29.9. The molecule has 0 unspecified atom stereocenters. The van der Waals surface area contributed by atoms with Gasteiger partial charge in [-0.1, -0.05) is 42.8 Å². The van der Waals surface area contributed by atoms with Gasteiger partial charge in [-0.25, -0.2) is 9.97 Å². The highest BCUT2D eigenvalue weighted by atomic mass is 32.2. The number of likely N-dealkylation sites (tertiary alicyclic amines) is 1. The van der Waals surface area contributed by atoms with Crippen molar-refractivity contribution in [3.05, 3.63) is 72.6 Å². The van der Waals surface area contributed by atoms with Crippen LogP contribution in [0.2, 0.25) is 0 Å². The number of hydrogen-bond acceptors (Lipinski definition) is 5. The van der Waals surface area contributed by atoms with Crippen LogP contribution >= 0.6 is 0 Å². The van der Waals surface area contributed by atoms with Crippen molar-refractivity contribution < 1.29 is 13.2 Å². The topological polar surface area (TPSA) is 105 Å². The van der Waals surface area contributed by atoms with Crippen LogP contribution in [0.15, 0.2) is 76.3 Å². The van der Waals surface area contributed by atoms with Gasteiger partial charge in [0.2, 0.25) is 0 Å². The van der Waals surface area contributed by atoms with E-state index >= 15 is 0 Å². The summed E-state index contributed by atoms with van der Waals surface area (Å²) >= 11 is 0. The van der Waals surface area contributed by atoms with Gasteiger partial charge in [-0.3, -0.25) is 4.79 Å². The molecule has 0 spiro atoms. The molecule has 2 aromatic carbocycles. The molecule has 0 saturated carbocycles. The number of sulfonamides is 1. The zero-order valence-corrected chi connectivity index (χ0v) is 19.1. The normalized spacial score (nSPS) is 15.8. The molecule has 1 aromatic heterocycles. The zero-order valence-electron chi connectivity index (χ0n) is 18.3. The number of anilines is 1. The Morgan fingerprint density at radius 3 is 2.52 bits per heavy atom. The first-order valence-electron chi connectivity index (χ1n) is 10.8. The Labute approximate surface area is 193 Å². The number of nitrogens with one attached hydrogen (secondary N) is 1. The lowest BCUT2D eigenvalue weighted by molar-refractivity contribution is 0.102. The fourth-order valence-corrected chi connectivity index (χ4v) is 4.69. The van der Waals surface area contributed by atoms with Gasteiger partial charge < -0.3 is 10.2 Å². The zero-order chi connectivity index (χ0) is 23.3. The Hall–Kier alpha value is -3.59. The Morgan fingerprint density at radius 1 is 1.00 bits per heavy atom. The van der Waals surface area contributed by atoms with E-state index in [1.165, 1.54) is 24.5 Å². The van der Waals surface area contributed by atoms with Crippen LogP contribution < -0.4 is 5.32 Å². The van der Waals surface area contributed by atoms with Crippen molar-refractivity contribution in [2.75, 3.05) is 18.9 Å². The first kappa shape index (κ1) is 22.6. The van der Waals surface area contributed by atoms with Crippen molar-refractivity contribution in [1.82, 2.24) is 14.9 Å². The number of hydrogen-bond donors (Lipinski definition) is 1. The van der Waals surface area contributed by atoms with Gasteiger partial charge in [0.15, 0.2) is 5.82 Å². The van der Waals surface area contributed by atoms with Gasteiger partial charge in [0.1, 0.15) is 5.84 Å². The highest BCUT2D eigenvalue weighted by Crippen LogP contribution is 2.21. The first-order chi connectivity index (χ1) is 15.9. The molecule has 1 aliphatic rings. The summed E-state index contributed by atoms with van der Waals surface area (Å²) in [6.07, 6.45) is 6.51. The molecule has 2 heterocycles. The smallest absolute Gasteiger partial charge is 0.284 e. The Balaban J connectivity index is 1.50. The summed E-state index contributed by atoms with van der Waals surface area (Å²) in [5.74, 6) is 0.652. The van der Waals surface area contributed by atoms with Crippen molar-refractivity contribution in [2.45, 2.75) is 30.6 Å². The molecule has 0 radical (unpaired) electrons. The molecule has 33 heavy (non-hydrogen) atoms. The molecule has 3 aromatic rings. The van der Waals surface area contributed by atoms with Crippen LogP contribution in [0.1, 0.15) is 36.0 Å². The van der Waals surface area contributed by atoms with Crippen molar-refractivity contribution in [2.24, 2.45) is 4.40 Å². The van der Waals surface area contributed by atoms with Gasteiger partial charge in [-0.15, -0.1) is 4.40 Å². The molecule has 4 rings (SSSR count). The largest absolute Gasteiger partial charge is 0.362 e. The maximum atomic E-state index is 12.9. The van der Waals surface area contributed by atoms with Crippen LogP contribution in [0.4, 0.5) is 5.69 Å². The maximum absolute atomic E-state index is 12.9. The van der Waals surface area contributed by atoms with Gasteiger partial charge in [0, 0.05) is 43.7 Å². The van der Waals surface area contributed by atoms with E-state index in [0.717, 1.165) is 31.4 Å². The Kier molecular flexibility index (Phi) is 6.79. The van der Waals surface area contributed by atoms with E-state index in [1.54, 1.807) is 12.1 Å². The molecule has 170 valence electrons. The molecule has 8 nitrogen and oxygen atoms in total. The number of amidine groups is 1. The van der Waals surface area contributed by atoms with E-state index in [4.69, 9.17) is 0 Å². The second kappa shape index (κ2) is 9.91. The summed E-state index contributed by atoms with van der Waals surface area (Å²) in [4.78, 5) is 23.1. The summed E-state index contributed by atoms with van der Waals surface area (Å²) in [5, 5.41) is 2.71. The molecule has 0 aliphatic carbocycles. The van der Waals surface area contributed by atoms with E-state index in [0.29, 0.717) is 23.8 Å². The lowest BCUT2D eigenvalue weighted by atomic mass is 10.2. The molecule has 1 fully saturated rings. The summed E-state index contributed by atoms with van der Waals surface area (Å²) in [7, 11) is -2.04. The van der Waals surface area contributed by atoms with Crippen LogP contribution in [0.25, 0.3) is 11.4 Å². The third kappa shape index (κ3) is 5.61. The predicted molar refractivity (Wildman–Crippen MR) is 128 cm³/mol. The lowest BCUT2D eigenvalue weighted by Crippen LogP contribution is -2.26. The molecule has 0 bridgehead atoms. The molecule has 1 amide bonds. The van der Waals surface area contributed by atoms with Crippen molar-refractivity contribution >= 4 is 27.5 Å². The van der Waals surface area contributed by atoms with Crippen molar-refractivity contribution in [3.63, 3.8) is 0 Å².